The van der Waals surface area contributed by atoms with Gasteiger partial charge in [-0.1, -0.05) is 24.6 Å². The third kappa shape index (κ3) is 4.11. The van der Waals surface area contributed by atoms with Crippen molar-refractivity contribution < 1.29 is 9.47 Å². The zero-order valence-corrected chi connectivity index (χ0v) is 13.2. The van der Waals surface area contributed by atoms with Crippen LogP contribution in [-0.4, -0.2) is 44.9 Å². The summed E-state index contributed by atoms with van der Waals surface area (Å²) in [4.78, 5) is 2.46. The van der Waals surface area contributed by atoms with Crippen LogP contribution in [0.5, 0.6) is 5.75 Å². The van der Waals surface area contributed by atoms with E-state index in [9.17, 15) is 0 Å². The van der Waals surface area contributed by atoms with Crippen molar-refractivity contribution in [2.45, 2.75) is 26.2 Å². The first-order chi connectivity index (χ1) is 9.74. The third-order valence-electron chi connectivity index (χ3n) is 3.82. The molecule has 0 aromatic heterocycles. The molecule has 1 aliphatic heterocycles. The number of hydrogen-bond donors (Lipinski definition) is 0. The van der Waals surface area contributed by atoms with Crippen molar-refractivity contribution in [3.63, 3.8) is 0 Å². The van der Waals surface area contributed by atoms with Crippen molar-refractivity contribution in [2.75, 3.05) is 40.0 Å². The zero-order valence-electron chi connectivity index (χ0n) is 12.5. The monoisotopic (exact) mass is 297 g/mol. The highest BCUT2D eigenvalue weighted by Crippen LogP contribution is 2.31. The Morgan fingerprint density at radius 2 is 2.05 bits per heavy atom. The predicted molar refractivity (Wildman–Crippen MR) is 83.0 cm³/mol. The fourth-order valence-electron chi connectivity index (χ4n) is 2.65. The van der Waals surface area contributed by atoms with E-state index in [1.807, 2.05) is 6.07 Å². The van der Waals surface area contributed by atoms with E-state index in [-0.39, 0.29) is 0 Å². The molecule has 1 saturated heterocycles. The lowest BCUT2D eigenvalue weighted by Gasteiger charge is -2.26. The molecule has 0 radical (unpaired) electrons. The van der Waals surface area contributed by atoms with Crippen LogP contribution in [0.15, 0.2) is 12.1 Å². The van der Waals surface area contributed by atoms with E-state index in [2.05, 4.69) is 17.9 Å². The second-order valence-corrected chi connectivity index (χ2v) is 5.59. The molecule has 1 fully saturated rings. The van der Waals surface area contributed by atoms with Crippen LogP contribution in [0, 0.1) is 0 Å². The minimum atomic E-state index is 0.730. The summed E-state index contributed by atoms with van der Waals surface area (Å²) in [5.41, 5.74) is 2.50. The Morgan fingerprint density at radius 3 is 2.70 bits per heavy atom. The molecular weight excluding hydrogens is 274 g/mol. The van der Waals surface area contributed by atoms with Gasteiger partial charge in [-0.15, -0.1) is 0 Å². The van der Waals surface area contributed by atoms with Gasteiger partial charge in [-0.2, -0.15) is 0 Å². The maximum atomic E-state index is 6.29. The summed E-state index contributed by atoms with van der Waals surface area (Å²) in [7, 11) is 1.69. The van der Waals surface area contributed by atoms with Gasteiger partial charge in [0, 0.05) is 13.1 Å². The van der Waals surface area contributed by atoms with E-state index in [0.29, 0.717) is 0 Å². The molecule has 0 aliphatic carbocycles. The number of methoxy groups -OCH3 is 1. The van der Waals surface area contributed by atoms with Crippen LogP contribution in [0.25, 0.3) is 0 Å². The molecule has 112 valence electrons. The Morgan fingerprint density at radius 1 is 1.30 bits per heavy atom. The van der Waals surface area contributed by atoms with Gasteiger partial charge in [0.05, 0.1) is 25.3 Å². The molecule has 0 spiro atoms. The average molecular weight is 298 g/mol. The number of hydrogen-bond acceptors (Lipinski definition) is 3. The lowest BCUT2D eigenvalue weighted by Crippen LogP contribution is -2.36. The van der Waals surface area contributed by atoms with Gasteiger partial charge in [0.1, 0.15) is 5.75 Å². The van der Waals surface area contributed by atoms with Gasteiger partial charge in [-0.25, -0.2) is 0 Å². The molecule has 0 N–H and O–H groups in total. The first-order valence-electron chi connectivity index (χ1n) is 7.40. The summed E-state index contributed by atoms with van der Waals surface area (Å²) < 4.78 is 10.8. The number of halogens is 1. The number of morpholine rings is 1. The van der Waals surface area contributed by atoms with E-state index < -0.39 is 0 Å². The molecule has 1 aromatic carbocycles. The smallest absolute Gasteiger partial charge is 0.140 e. The van der Waals surface area contributed by atoms with Crippen molar-refractivity contribution in [1.82, 2.24) is 4.90 Å². The van der Waals surface area contributed by atoms with Gasteiger partial charge < -0.3 is 9.47 Å². The molecule has 3 nitrogen and oxygen atoms in total. The Labute approximate surface area is 126 Å². The van der Waals surface area contributed by atoms with Crippen molar-refractivity contribution in [3.8, 4) is 5.75 Å². The lowest BCUT2D eigenvalue weighted by atomic mass is 10.0. The van der Waals surface area contributed by atoms with Gasteiger partial charge in [-0.05, 0) is 43.0 Å². The van der Waals surface area contributed by atoms with Gasteiger partial charge in [-0.3, -0.25) is 4.90 Å². The molecule has 0 unspecified atom stereocenters. The predicted octanol–water partition coefficient (Wildman–Crippen LogP) is 3.18. The summed E-state index contributed by atoms with van der Waals surface area (Å²) in [6.07, 6.45) is 3.13. The van der Waals surface area contributed by atoms with Crippen LogP contribution in [0.2, 0.25) is 5.02 Å². The third-order valence-corrected chi connectivity index (χ3v) is 4.10. The summed E-state index contributed by atoms with van der Waals surface area (Å²) in [5, 5.41) is 0.730. The summed E-state index contributed by atoms with van der Waals surface area (Å²) in [5.74, 6) is 0.839. The summed E-state index contributed by atoms with van der Waals surface area (Å²) >= 11 is 6.29. The van der Waals surface area contributed by atoms with Crippen LogP contribution in [0.1, 0.15) is 24.5 Å². The SMILES string of the molecule is CCc1cc(Cl)c(OC)c(CCCN2CCOCC2)c1. The van der Waals surface area contributed by atoms with Gasteiger partial charge in [0.15, 0.2) is 0 Å². The van der Waals surface area contributed by atoms with Crippen LogP contribution in [0.3, 0.4) is 0 Å². The molecule has 1 heterocycles. The highest BCUT2D eigenvalue weighted by molar-refractivity contribution is 6.32. The molecule has 20 heavy (non-hydrogen) atoms. The first kappa shape index (κ1) is 15.6. The van der Waals surface area contributed by atoms with Crippen LogP contribution in [-0.2, 0) is 17.6 Å². The molecule has 0 saturated carbocycles. The van der Waals surface area contributed by atoms with E-state index in [1.165, 1.54) is 11.1 Å². The van der Waals surface area contributed by atoms with E-state index >= 15 is 0 Å². The Balaban J connectivity index is 1.95. The number of aryl methyl sites for hydroxylation is 2. The maximum absolute atomic E-state index is 6.29. The highest BCUT2D eigenvalue weighted by Gasteiger charge is 2.12. The summed E-state index contributed by atoms with van der Waals surface area (Å²) in [6.45, 7) is 7.08. The topological polar surface area (TPSA) is 21.7 Å². The Hall–Kier alpha value is -0.770. The molecule has 0 atom stereocenters. The highest BCUT2D eigenvalue weighted by atomic mass is 35.5. The minimum absolute atomic E-state index is 0.730. The Kier molecular flexibility index (Phi) is 6.14. The van der Waals surface area contributed by atoms with E-state index in [4.69, 9.17) is 21.1 Å². The van der Waals surface area contributed by atoms with Gasteiger partial charge in [0.25, 0.3) is 0 Å². The fraction of sp³-hybridized carbons (Fsp3) is 0.625. The quantitative estimate of drug-likeness (QED) is 0.805. The van der Waals surface area contributed by atoms with Crippen molar-refractivity contribution in [2.24, 2.45) is 0 Å². The van der Waals surface area contributed by atoms with Crippen LogP contribution < -0.4 is 4.74 Å². The van der Waals surface area contributed by atoms with Crippen molar-refractivity contribution in [3.05, 3.63) is 28.3 Å². The van der Waals surface area contributed by atoms with Crippen LogP contribution in [0.4, 0.5) is 0 Å². The fourth-order valence-corrected chi connectivity index (χ4v) is 2.99. The number of benzene rings is 1. The number of ether oxygens (including phenoxy) is 2. The van der Waals surface area contributed by atoms with Gasteiger partial charge >= 0.3 is 0 Å². The van der Waals surface area contributed by atoms with Gasteiger partial charge in [0.2, 0.25) is 0 Å². The van der Waals surface area contributed by atoms with Crippen LogP contribution >= 0.6 is 11.6 Å². The maximum Gasteiger partial charge on any atom is 0.140 e. The van der Waals surface area contributed by atoms with Crippen molar-refractivity contribution in [1.29, 1.82) is 0 Å². The molecule has 0 amide bonds. The van der Waals surface area contributed by atoms with E-state index in [1.54, 1.807) is 7.11 Å². The second-order valence-electron chi connectivity index (χ2n) is 5.18. The molecule has 1 aromatic rings. The molecule has 4 heteroatoms. The standard InChI is InChI=1S/C16H24ClNO2/c1-3-13-11-14(16(19-2)15(17)12-13)5-4-6-18-7-9-20-10-8-18/h11-12H,3-10H2,1-2H3. The second kappa shape index (κ2) is 7.87. The largest absolute Gasteiger partial charge is 0.495 e. The zero-order chi connectivity index (χ0) is 14.4. The molecule has 1 aliphatic rings. The first-order valence-corrected chi connectivity index (χ1v) is 7.77. The normalized spacial score (nSPS) is 16.4. The van der Waals surface area contributed by atoms with Crippen molar-refractivity contribution >= 4 is 11.6 Å². The molecule has 0 bridgehead atoms. The average Bonchev–Trinajstić information content (AvgIpc) is 2.48. The minimum Gasteiger partial charge on any atom is -0.495 e. The van der Waals surface area contributed by atoms with E-state index in [0.717, 1.165) is 62.9 Å². The Bertz CT molecular complexity index is 431. The molecule has 2 rings (SSSR count). The number of rotatable bonds is 6. The summed E-state index contributed by atoms with van der Waals surface area (Å²) in [6, 6.07) is 4.23. The lowest BCUT2D eigenvalue weighted by molar-refractivity contribution is 0.0374. The number of nitrogens with zero attached hydrogens (tertiary/aromatic N) is 1. The molecular formula is C16H24ClNO2.